The van der Waals surface area contributed by atoms with Crippen LogP contribution in [0.15, 0.2) is 24.3 Å². The van der Waals surface area contributed by atoms with Crippen molar-refractivity contribution in [2.75, 3.05) is 26.3 Å². The molecule has 1 aliphatic rings. The molecule has 0 bridgehead atoms. The fraction of sp³-hybridized carbons (Fsp3) is 0.625. The van der Waals surface area contributed by atoms with Crippen LogP contribution in [0.25, 0.3) is 0 Å². The second-order valence-corrected chi connectivity index (χ2v) is 5.42. The first-order valence-electron chi connectivity index (χ1n) is 7.58. The van der Waals surface area contributed by atoms with Crippen molar-refractivity contribution in [2.24, 2.45) is 5.92 Å². The number of halogens is 1. The second-order valence-electron chi connectivity index (χ2n) is 5.42. The highest BCUT2D eigenvalue weighted by Gasteiger charge is 2.26. The smallest absolute Gasteiger partial charge is 0.165 e. The summed E-state index contributed by atoms with van der Waals surface area (Å²) in [4.78, 5) is 0. The van der Waals surface area contributed by atoms with Crippen LogP contribution in [-0.2, 0) is 4.74 Å². The molecular weight excluding hydrogens is 273 g/mol. The average molecular weight is 297 g/mol. The number of aliphatic hydroxyl groups is 1. The molecule has 0 amide bonds. The molecule has 5 heteroatoms. The largest absolute Gasteiger partial charge is 0.488 e. The molecule has 4 nitrogen and oxygen atoms in total. The van der Waals surface area contributed by atoms with Crippen LogP contribution in [0.3, 0.4) is 0 Å². The lowest BCUT2D eigenvalue weighted by molar-refractivity contribution is 0.0819. The first-order valence-corrected chi connectivity index (χ1v) is 7.58. The number of ether oxygens (including phenoxy) is 2. The van der Waals surface area contributed by atoms with Gasteiger partial charge in [0, 0.05) is 19.7 Å². The van der Waals surface area contributed by atoms with Gasteiger partial charge in [0.1, 0.15) is 12.7 Å². The predicted octanol–water partition coefficient (Wildman–Crippen LogP) is 1.97. The Morgan fingerprint density at radius 2 is 2.29 bits per heavy atom. The first kappa shape index (κ1) is 16.2. The first-order chi connectivity index (χ1) is 10.2. The van der Waals surface area contributed by atoms with Crippen molar-refractivity contribution >= 4 is 0 Å². The van der Waals surface area contributed by atoms with Crippen LogP contribution in [0.5, 0.6) is 5.75 Å². The summed E-state index contributed by atoms with van der Waals surface area (Å²) in [6.45, 7) is 4.28. The molecule has 2 rings (SSSR count). The van der Waals surface area contributed by atoms with Crippen molar-refractivity contribution in [2.45, 2.75) is 32.0 Å². The molecule has 1 aliphatic heterocycles. The van der Waals surface area contributed by atoms with Crippen molar-refractivity contribution in [1.82, 2.24) is 5.32 Å². The maximum Gasteiger partial charge on any atom is 0.165 e. The average Bonchev–Trinajstić information content (AvgIpc) is 2.94. The predicted molar refractivity (Wildman–Crippen MR) is 78.9 cm³/mol. The highest BCUT2D eigenvalue weighted by atomic mass is 19.1. The molecule has 2 N–H and O–H groups in total. The van der Waals surface area contributed by atoms with E-state index in [4.69, 9.17) is 9.47 Å². The minimum absolute atomic E-state index is 0.0757. The molecule has 1 heterocycles. The van der Waals surface area contributed by atoms with Gasteiger partial charge in [-0.15, -0.1) is 0 Å². The van der Waals surface area contributed by atoms with Crippen LogP contribution in [0, 0.1) is 11.7 Å². The van der Waals surface area contributed by atoms with Crippen LogP contribution in [0.4, 0.5) is 4.39 Å². The molecule has 0 spiro atoms. The molecule has 1 aromatic rings. The molecule has 0 radical (unpaired) electrons. The number of hydrogen-bond donors (Lipinski definition) is 2. The number of rotatable bonds is 8. The molecule has 0 aromatic heterocycles. The van der Waals surface area contributed by atoms with E-state index < -0.39 is 11.9 Å². The van der Waals surface area contributed by atoms with Gasteiger partial charge in [-0.25, -0.2) is 4.39 Å². The van der Waals surface area contributed by atoms with Gasteiger partial charge in [-0.05, 0) is 30.9 Å². The van der Waals surface area contributed by atoms with Crippen molar-refractivity contribution in [3.8, 4) is 5.75 Å². The van der Waals surface area contributed by atoms with Gasteiger partial charge < -0.3 is 19.9 Å². The van der Waals surface area contributed by atoms with Gasteiger partial charge in [0.25, 0.3) is 0 Å². The summed E-state index contributed by atoms with van der Waals surface area (Å²) in [5.41, 5.74) is 0. The summed E-state index contributed by atoms with van der Waals surface area (Å²) < 4.78 is 24.2. The van der Waals surface area contributed by atoms with Gasteiger partial charge in [-0.2, -0.15) is 0 Å². The van der Waals surface area contributed by atoms with Crippen molar-refractivity contribution in [1.29, 1.82) is 0 Å². The fourth-order valence-corrected chi connectivity index (χ4v) is 2.62. The Kier molecular flexibility index (Phi) is 6.42. The van der Waals surface area contributed by atoms with Crippen LogP contribution >= 0.6 is 0 Å². The molecule has 21 heavy (non-hydrogen) atoms. The zero-order chi connectivity index (χ0) is 15.1. The van der Waals surface area contributed by atoms with E-state index in [9.17, 15) is 9.50 Å². The van der Waals surface area contributed by atoms with Crippen molar-refractivity contribution in [3.63, 3.8) is 0 Å². The normalized spacial score (nSPS) is 23.2. The van der Waals surface area contributed by atoms with Gasteiger partial charge in [0.15, 0.2) is 11.6 Å². The van der Waals surface area contributed by atoms with Gasteiger partial charge in [0.05, 0.1) is 6.10 Å². The highest BCUT2D eigenvalue weighted by molar-refractivity contribution is 5.23. The van der Waals surface area contributed by atoms with Gasteiger partial charge >= 0.3 is 0 Å². The van der Waals surface area contributed by atoms with E-state index in [0.717, 1.165) is 26.0 Å². The summed E-state index contributed by atoms with van der Waals surface area (Å²) in [6, 6.07) is 6.20. The molecule has 0 saturated carbocycles. The summed E-state index contributed by atoms with van der Waals surface area (Å²) in [5, 5.41) is 13.1. The molecule has 0 aliphatic carbocycles. The minimum atomic E-state index is -0.660. The number of hydrogen-bond acceptors (Lipinski definition) is 4. The lowest BCUT2D eigenvalue weighted by Gasteiger charge is -2.19. The quantitative estimate of drug-likeness (QED) is 0.770. The summed E-state index contributed by atoms with van der Waals surface area (Å²) >= 11 is 0. The maximum atomic E-state index is 13.3. The van der Waals surface area contributed by atoms with Crippen LogP contribution < -0.4 is 10.1 Å². The molecule has 3 unspecified atom stereocenters. The van der Waals surface area contributed by atoms with Crippen molar-refractivity contribution < 1.29 is 19.0 Å². The summed E-state index contributed by atoms with van der Waals surface area (Å²) in [5.74, 6) is 0.271. The van der Waals surface area contributed by atoms with Crippen molar-refractivity contribution in [3.05, 3.63) is 30.1 Å². The van der Waals surface area contributed by atoms with Crippen LogP contribution in [0.1, 0.15) is 19.8 Å². The third-order valence-electron chi connectivity index (χ3n) is 3.80. The third kappa shape index (κ3) is 4.95. The second kappa shape index (κ2) is 8.32. The number of benzene rings is 1. The molecular formula is C16H24FNO3. The standard InChI is InChI=1S/C16H24FNO3/c1-2-15-12(7-8-20-15)9-18-10-13(19)11-21-16-6-4-3-5-14(16)17/h3-6,12-13,15,18-19H,2,7-11H2,1H3. The Balaban J connectivity index is 1.64. The number of aliphatic hydroxyl groups excluding tert-OH is 1. The Morgan fingerprint density at radius 3 is 3.05 bits per heavy atom. The minimum Gasteiger partial charge on any atom is -0.488 e. The topological polar surface area (TPSA) is 50.7 Å². The van der Waals surface area contributed by atoms with Gasteiger partial charge in [0.2, 0.25) is 0 Å². The fourth-order valence-electron chi connectivity index (χ4n) is 2.62. The molecule has 1 fully saturated rings. The summed E-state index contributed by atoms with van der Waals surface area (Å²) in [7, 11) is 0. The van der Waals surface area contributed by atoms with E-state index >= 15 is 0 Å². The lowest BCUT2D eigenvalue weighted by atomic mass is 10.00. The molecule has 1 aromatic carbocycles. The Labute approximate surface area is 125 Å². The van der Waals surface area contributed by atoms with E-state index in [1.54, 1.807) is 18.2 Å². The molecule has 1 saturated heterocycles. The molecule has 118 valence electrons. The maximum absolute atomic E-state index is 13.3. The number of nitrogens with one attached hydrogen (secondary N) is 1. The van der Waals surface area contributed by atoms with E-state index in [1.807, 2.05) is 0 Å². The van der Waals surface area contributed by atoms with Crippen LogP contribution in [-0.4, -0.2) is 43.6 Å². The van der Waals surface area contributed by atoms with Crippen LogP contribution in [0.2, 0.25) is 0 Å². The zero-order valence-corrected chi connectivity index (χ0v) is 12.4. The van der Waals surface area contributed by atoms with Gasteiger partial charge in [-0.3, -0.25) is 0 Å². The van der Waals surface area contributed by atoms with E-state index in [2.05, 4.69) is 12.2 Å². The van der Waals surface area contributed by atoms with Gasteiger partial charge in [-0.1, -0.05) is 19.1 Å². The Hall–Kier alpha value is -1.17. The monoisotopic (exact) mass is 297 g/mol. The highest BCUT2D eigenvalue weighted by Crippen LogP contribution is 2.22. The molecule has 3 atom stereocenters. The Morgan fingerprint density at radius 1 is 1.48 bits per heavy atom. The lowest BCUT2D eigenvalue weighted by Crippen LogP contribution is -2.36. The zero-order valence-electron chi connectivity index (χ0n) is 12.4. The van der Waals surface area contributed by atoms with E-state index in [-0.39, 0.29) is 12.4 Å². The summed E-state index contributed by atoms with van der Waals surface area (Å²) in [6.07, 6.45) is 1.75. The third-order valence-corrected chi connectivity index (χ3v) is 3.80. The van der Waals surface area contributed by atoms with E-state index in [1.165, 1.54) is 6.07 Å². The van der Waals surface area contributed by atoms with E-state index in [0.29, 0.717) is 18.6 Å². The number of para-hydroxylation sites is 1. The Bertz CT molecular complexity index is 430. The SMILES string of the molecule is CCC1OCCC1CNCC(O)COc1ccccc1F.